The van der Waals surface area contributed by atoms with Gasteiger partial charge in [-0.05, 0) is 36.8 Å². The second-order valence-corrected chi connectivity index (χ2v) is 6.60. The van der Waals surface area contributed by atoms with E-state index in [-0.39, 0.29) is 23.6 Å². The van der Waals surface area contributed by atoms with Crippen LogP contribution >= 0.6 is 0 Å². The van der Waals surface area contributed by atoms with Gasteiger partial charge in [-0.2, -0.15) is 0 Å². The lowest BCUT2D eigenvalue weighted by atomic mass is 10.1. The number of benzene rings is 1. The third kappa shape index (κ3) is 4.77. The van der Waals surface area contributed by atoms with Gasteiger partial charge in [0, 0.05) is 29.3 Å². The molecule has 148 valence electrons. The standard InChI is InChI=1S/C20H23N3O5/c1-2-14-9-13(10-18(24)22-14)20(26)23-16-11-27-8-7-17(16)28-15-5-3-12(4-6-15)19(21)25/h3-6,9-10,16-17H,2,7-8,11H2,1H3,(H2,21,25)(H,22,24)(H,23,26)/t16-,17-/m1/s1. The van der Waals surface area contributed by atoms with Gasteiger partial charge in [0.05, 0.1) is 19.3 Å². The summed E-state index contributed by atoms with van der Waals surface area (Å²) in [7, 11) is 0. The maximum Gasteiger partial charge on any atom is 0.251 e. The van der Waals surface area contributed by atoms with E-state index in [4.69, 9.17) is 15.2 Å². The number of aryl methyl sites for hydroxylation is 1. The van der Waals surface area contributed by atoms with Crippen molar-refractivity contribution < 1.29 is 19.1 Å². The van der Waals surface area contributed by atoms with Crippen LogP contribution in [0, 0.1) is 0 Å². The van der Waals surface area contributed by atoms with E-state index in [9.17, 15) is 14.4 Å². The summed E-state index contributed by atoms with van der Waals surface area (Å²) in [5.74, 6) is -0.290. The van der Waals surface area contributed by atoms with E-state index >= 15 is 0 Å². The molecule has 8 heteroatoms. The quantitative estimate of drug-likeness (QED) is 0.684. The molecule has 0 unspecified atom stereocenters. The van der Waals surface area contributed by atoms with Gasteiger partial charge in [-0.25, -0.2) is 0 Å². The highest BCUT2D eigenvalue weighted by Gasteiger charge is 2.29. The minimum atomic E-state index is -0.507. The van der Waals surface area contributed by atoms with E-state index in [1.807, 2.05) is 6.92 Å². The first kappa shape index (κ1) is 19.6. The Kier molecular flexibility index (Phi) is 6.10. The maximum atomic E-state index is 12.6. The number of pyridine rings is 1. The molecule has 8 nitrogen and oxygen atoms in total. The highest BCUT2D eigenvalue weighted by atomic mass is 16.5. The lowest BCUT2D eigenvalue weighted by molar-refractivity contribution is -0.00288. The van der Waals surface area contributed by atoms with Gasteiger partial charge >= 0.3 is 0 Å². The third-order valence-electron chi connectivity index (χ3n) is 4.58. The van der Waals surface area contributed by atoms with Gasteiger partial charge in [0.25, 0.3) is 5.91 Å². The normalized spacial score (nSPS) is 19.0. The Morgan fingerprint density at radius 3 is 2.68 bits per heavy atom. The number of hydrogen-bond donors (Lipinski definition) is 3. The van der Waals surface area contributed by atoms with Crippen LogP contribution in [0.5, 0.6) is 5.75 Å². The molecule has 0 aliphatic carbocycles. The van der Waals surface area contributed by atoms with Crippen molar-refractivity contribution in [2.45, 2.75) is 31.9 Å². The lowest BCUT2D eigenvalue weighted by Crippen LogP contribution is -2.52. The molecule has 2 amide bonds. The van der Waals surface area contributed by atoms with E-state index in [1.165, 1.54) is 6.07 Å². The molecule has 1 aromatic carbocycles. The Balaban J connectivity index is 1.70. The molecule has 0 spiro atoms. The van der Waals surface area contributed by atoms with Crippen molar-refractivity contribution in [2.24, 2.45) is 5.73 Å². The fourth-order valence-electron chi connectivity index (χ4n) is 3.04. The van der Waals surface area contributed by atoms with Crippen LogP contribution in [-0.2, 0) is 11.2 Å². The number of hydrogen-bond acceptors (Lipinski definition) is 5. The number of aromatic amines is 1. The van der Waals surface area contributed by atoms with E-state index in [0.29, 0.717) is 48.6 Å². The number of carbonyl (C=O) groups excluding carboxylic acids is 2. The van der Waals surface area contributed by atoms with Crippen LogP contribution in [0.4, 0.5) is 0 Å². The highest BCUT2D eigenvalue weighted by molar-refractivity contribution is 5.94. The predicted molar refractivity (Wildman–Crippen MR) is 103 cm³/mol. The molecule has 1 aliphatic heterocycles. The number of rotatable bonds is 6. The van der Waals surface area contributed by atoms with Crippen molar-refractivity contribution in [3.8, 4) is 5.75 Å². The van der Waals surface area contributed by atoms with Gasteiger partial charge in [0.15, 0.2) is 0 Å². The van der Waals surface area contributed by atoms with Crippen LogP contribution in [0.3, 0.4) is 0 Å². The smallest absolute Gasteiger partial charge is 0.251 e. The van der Waals surface area contributed by atoms with Crippen molar-refractivity contribution in [3.63, 3.8) is 0 Å². The molecular formula is C20H23N3O5. The zero-order valence-corrected chi connectivity index (χ0v) is 15.6. The molecule has 2 aromatic rings. The fraction of sp³-hybridized carbons (Fsp3) is 0.350. The second kappa shape index (κ2) is 8.71. The molecule has 4 N–H and O–H groups in total. The number of nitrogens with two attached hydrogens (primary N) is 1. The summed E-state index contributed by atoms with van der Waals surface area (Å²) in [5, 5.41) is 2.90. The van der Waals surface area contributed by atoms with E-state index < -0.39 is 5.91 Å². The first-order chi connectivity index (χ1) is 13.5. The first-order valence-corrected chi connectivity index (χ1v) is 9.14. The van der Waals surface area contributed by atoms with Crippen LogP contribution < -0.4 is 21.3 Å². The van der Waals surface area contributed by atoms with Gasteiger partial charge in [0.1, 0.15) is 11.9 Å². The molecule has 1 saturated heterocycles. The molecular weight excluding hydrogens is 362 g/mol. The summed E-state index contributed by atoms with van der Waals surface area (Å²) in [6.45, 7) is 2.72. The van der Waals surface area contributed by atoms with Crippen LogP contribution in [0.2, 0.25) is 0 Å². The molecule has 2 atom stereocenters. The molecule has 0 bridgehead atoms. The van der Waals surface area contributed by atoms with Gasteiger partial charge in [-0.3, -0.25) is 14.4 Å². The average Bonchev–Trinajstić information content (AvgIpc) is 2.69. The summed E-state index contributed by atoms with van der Waals surface area (Å²) in [4.78, 5) is 38.2. The number of amides is 2. The van der Waals surface area contributed by atoms with Crippen LogP contribution in [0.1, 0.15) is 39.8 Å². The SMILES string of the molecule is CCc1cc(C(=O)N[C@@H]2COCC[C@H]2Oc2ccc(C(N)=O)cc2)cc(=O)[nH]1. The molecule has 1 aromatic heterocycles. The van der Waals surface area contributed by atoms with Crippen LogP contribution in [0.25, 0.3) is 0 Å². The molecule has 2 heterocycles. The number of carbonyl (C=O) groups is 2. The Morgan fingerprint density at radius 1 is 1.25 bits per heavy atom. The first-order valence-electron chi connectivity index (χ1n) is 9.14. The lowest BCUT2D eigenvalue weighted by Gasteiger charge is -2.32. The van der Waals surface area contributed by atoms with Gasteiger partial charge in [-0.15, -0.1) is 0 Å². The molecule has 0 radical (unpaired) electrons. The van der Waals surface area contributed by atoms with Crippen molar-refractivity contribution in [1.29, 1.82) is 0 Å². The topological polar surface area (TPSA) is 124 Å². The minimum Gasteiger partial charge on any atom is -0.488 e. The average molecular weight is 385 g/mol. The van der Waals surface area contributed by atoms with Crippen molar-refractivity contribution >= 4 is 11.8 Å². The Labute approximate surface area is 162 Å². The monoisotopic (exact) mass is 385 g/mol. The Morgan fingerprint density at radius 2 is 2.00 bits per heavy atom. The number of aromatic nitrogens is 1. The third-order valence-corrected chi connectivity index (χ3v) is 4.58. The summed E-state index contributed by atoms with van der Waals surface area (Å²) < 4.78 is 11.5. The van der Waals surface area contributed by atoms with Crippen molar-refractivity contribution in [2.75, 3.05) is 13.2 Å². The van der Waals surface area contributed by atoms with E-state index in [1.54, 1.807) is 30.3 Å². The molecule has 3 rings (SSSR count). The van der Waals surface area contributed by atoms with Crippen LogP contribution in [0.15, 0.2) is 41.2 Å². The number of nitrogens with one attached hydrogen (secondary N) is 2. The van der Waals surface area contributed by atoms with E-state index in [0.717, 1.165) is 0 Å². The highest BCUT2D eigenvalue weighted by Crippen LogP contribution is 2.19. The largest absolute Gasteiger partial charge is 0.488 e. The zero-order valence-electron chi connectivity index (χ0n) is 15.6. The summed E-state index contributed by atoms with van der Waals surface area (Å²) in [6, 6.07) is 9.08. The predicted octanol–water partition coefficient (Wildman–Crippen LogP) is 1.00. The molecule has 1 fully saturated rings. The van der Waals surface area contributed by atoms with Gasteiger partial charge < -0.3 is 25.5 Å². The van der Waals surface area contributed by atoms with Crippen molar-refractivity contribution in [3.05, 3.63) is 63.6 Å². The summed E-state index contributed by atoms with van der Waals surface area (Å²) in [5.41, 5.74) is 6.32. The van der Waals surface area contributed by atoms with Crippen LogP contribution in [-0.4, -0.2) is 42.2 Å². The van der Waals surface area contributed by atoms with Crippen molar-refractivity contribution in [1.82, 2.24) is 10.3 Å². The molecule has 28 heavy (non-hydrogen) atoms. The van der Waals surface area contributed by atoms with Gasteiger partial charge in [0.2, 0.25) is 11.5 Å². The maximum absolute atomic E-state index is 12.6. The number of H-pyrrole nitrogens is 1. The Hall–Kier alpha value is -3.13. The number of primary amides is 1. The van der Waals surface area contributed by atoms with E-state index in [2.05, 4.69) is 10.3 Å². The van der Waals surface area contributed by atoms with Gasteiger partial charge in [-0.1, -0.05) is 6.92 Å². The Bertz CT molecular complexity index is 907. The summed E-state index contributed by atoms with van der Waals surface area (Å²) >= 11 is 0. The second-order valence-electron chi connectivity index (χ2n) is 6.60. The zero-order chi connectivity index (χ0) is 20.1. The minimum absolute atomic E-state index is 0.301. The number of ether oxygens (including phenoxy) is 2. The molecule has 0 saturated carbocycles. The summed E-state index contributed by atoms with van der Waals surface area (Å²) in [6.07, 6.45) is 0.915. The molecule has 1 aliphatic rings. The fourth-order valence-corrected chi connectivity index (χ4v) is 3.04.